The molecule has 0 unspecified atom stereocenters. The van der Waals surface area contributed by atoms with Crippen molar-refractivity contribution in [3.05, 3.63) is 58.1 Å². The summed E-state index contributed by atoms with van der Waals surface area (Å²) in [6.45, 7) is 2.23. The highest BCUT2D eigenvalue weighted by atomic mass is 79.9. The fourth-order valence-corrected chi connectivity index (χ4v) is 4.32. The van der Waals surface area contributed by atoms with Crippen LogP contribution >= 0.6 is 15.9 Å². The van der Waals surface area contributed by atoms with Crippen molar-refractivity contribution in [1.82, 2.24) is 0 Å². The first-order valence-electron chi connectivity index (χ1n) is 11.6. The molecule has 0 radical (unpaired) electrons. The van der Waals surface area contributed by atoms with Crippen molar-refractivity contribution >= 4 is 45.0 Å². The maximum atomic E-state index is 12.7. The van der Waals surface area contributed by atoms with Crippen LogP contribution in [0.25, 0.3) is 0 Å². The number of halogens is 1. The number of hydrogen-bond donors (Lipinski definition) is 1. The molecule has 32 heavy (non-hydrogen) atoms. The van der Waals surface area contributed by atoms with Crippen molar-refractivity contribution in [2.24, 2.45) is 0 Å². The Balaban J connectivity index is 1.43. The summed E-state index contributed by atoms with van der Waals surface area (Å²) in [5, 5.41) is 2.90. The summed E-state index contributed by atoms with van der Waals surface area (Å²) in [6, 6.07) is 11.9. The van der Waals surface area contributed by atoms with Crippen molar-refractivity contribution in [1.29, 1.82) is 0 Å². The van der Waals surface area contributed by atoms with Crippen molar-refractivity contribution in [3.8, 4) is 0 Å². The van der Waals surface area contributed by atoms with E-state index in [1.54, 1.807) is 42.5 Å². The van der Waals surface area contributed by atoms with Crippen LogP contribution in [0.5, 0.6) is 0 Å². The van der Waals surface area contributed by atoms with E-state index >= 15 is 0 Å². The normalized spacial score (nSPS) is 12.9. The average molecular weight is 499 g/mol. The quantitative estimate of drug-likeness (QED) is 0.250. The number of amides is 3. The second-order valence-electron chi connectivity index (χ2n) is 8.31. The number of hydrogen-bond acceptors (Lipinski definition) is 3. The molecule has 0 spiro atoms. The van der Waals surface area contributed by atoms with Crippen LogP contribution in [-0.2, 0) is 4.79 Å². The van der Waals surface area contributed by atoms with Gasteiger partial charge < -0.3 is 5.32 Å². The molecular weight excluding hydrogens is 468 g/mol. The standard InChI is InChI=1S/C26H31BrN2O3/c1-2-3-4-5-6-7-8-9-10-11-24(30)28-20-13-15-21(16-14-20)29-25(31)22-17-12-19(27)18-23(22)26(29)32/h12-18H,2-11H2,1H3,(H,28,30). The Morgan fingerprint density at radius 3 is 2.06 bits per heavy atom. The number of fused-ring (bicyclic) bond motifs is 1. The van der Waals surface area contributed by atoms with E-state index in [-0.39, 0.29) is 17.7 Å². The minimum Gasteiger partial charge on any atom is -0.326 e. The molecule has 3 rings (SSSR count). The van der Waals surface area contributed by atoms with Gasteiger partial charge in [0.1, 0.15) is 0 Å². The zero-order valence-electron chi connectivity index (χ0n) is 18.7. The van der Waals surface area contributed by atoms with E-state index in [9.17, 15) is 14.4 Å². The Hall–Kier alpha value is -2.47. The summed E-state index contributed by atoms with van der Waals surface area (Å²) < 4.78 is 0.754. The molecule has 170 valence electrons. The van der Waals surface area contributed by atoms with E-state index in [0.717, 1.165) is 17.3 Å². The maximum absolute atomic E-state index is 12.7. The molecular formula is C26H31BrN2O3. The maximum Gasteiger partial charge on any atom is 0.266 e. The van der Waals surface area contributed by atoms with Crippen LogP contribution in [0.1, 0.15) is 91.8 Å². The van der Waals surface area contributed by atoms with Gasteiger partial charge in [-0.3, -0.25) is 14.4 Å². The van der Waals surface area contributed by atoms with Crippen LogP contribution in [0.4, 0.5) is 11.4 Å². The highest BCUT2D eigenvalue weighted by molar-refractivity contribution is 9.10. The molecule has 1 N–H and O–H groups in total. The number of anilines is 2. The summed E-state index contributed by atoms with van der Waals surface area (Å²) in [7, 11) is 0. The van der Waals surface area contributed by atoms with Crippen LogP contribution < -0.4 is 10.2 Å². The van der Waals surface area contributed by atoms with Crippen LogP contribution in [0.15, 0.2) is 46.9 Å². The Morgan fingerprint density at radius 2 is 1.41 bits per heavy atom. The van der Waals surface area contributed by atoms with Crippen LogP contribution in [-0.4, -0.2) is 17.7 Å². The second kappa shape index (κ2) is 12.0. The monoisotopic (exact) mass is 498 g/mol. The first-order chi connectivity index (χ1) is 15.5. The topological polar surface area (TPSA) is 66.5 Å². The molecule has 5 nitrogen and oxygen atoms in total. The number of benzene rings is 2. The molecule has 0 aliphatic carbocycles. The van der Waals surface area contributed by atoms with Crippen LogP contribution in [0.3, 0.4) is 0 Å². The van der Waals surface area contributed by atoms with Gasteiger partial charge in [0.15, 0.2) is 0 Å². The Bertz CT molecular complexity index is 956. The number of carbonyl (C=O) groups is 3. The van der Waals surface area contributed by atoms with Gasteiger partial charge in [0.05, 0.1) is 16.8 Å². The lowest BCUT2D eigenvalue weighted by Gasteiger charge is -2.14. The van der Waals surface area contributed by atoms with Crippen molar-refractivity contribution in [2.75, 3.05) is 10.2 Å². The van der Waals surface area contributed by atoms with Gasteiger partial charge >= 0.3 is 0 Å². The van der Waals surface area contributed by atoms with Gasteiger partial charge in [-0.1, -0.05) is 74.2 Å². The molecule has 1 aliphatic heterocycles. The predicted octanol–water partition coefficient (Wildman–Crippen LogP) is 7.11. The Labute approximate surface area is 198 Å². The minimum absolute atomic E-state index is 0.00808. The molecule has 0 saturated heterocycles. The first-order valence-corrected chi connectivity index (χ1v) is 12.4. The van der Waals surface area contributed by atoms with E-state index in [2.05, 4.69) is 28.2 Å². The van der Waals surface area contributed by atoms with E-state index in [1.165, 1.54) is 49.8 Å². The largest absolute Gasteiger partial charge is 0.326 e. The lowest BCUT2D eigenvalue weighted by molar-refractivity contribution is -0.116. The van der Waals surface area contributed by atoms with Crippen molar-refractivity contribution in [2.45, 2.75) is 71.1 Å². The van der Waals surface area contributed by atoms with Gasteiger partial charge in [-0.2, -0.15) is 0 Å². The summed E-state index contributed by atoms with van der Waals surface area (Å²) >= 11 is 3.34. The van der Waals surface area contributed by atoms with Gasteiger partial charge in [0, 0.05) is 16.6 Å². The fourth-order valence-electron chi connectivity index (χ4n) is 3.96. The molecule has 1 aliphatic rings. The average Bonchev–Trinajstić information content (AvgIpc) is 3.02. The predicted molar refractivity (Wildman–Crippen MR) is 132 cm³/mol. The molecule has 0 fully saturated rings. The first kappa shape index (κ1) is 24.2. The SMILES string of the molecule is CCCCCCCCCCCC(=O)Nc1ccc(N2C(=O)c3ccc(Br)cc3C2=O)cc1. The lowest BCUT2D eigenvalue weighted by Crippen LogP contribution is -2.29. The number of rotatable bonds is 12. The second-order valence-corrected chi connectivity index (χ2v) is 9.22. The van der Waals surface area contributed by atoms with Crippen molar-refractivity contribution < 1.29 is 14.4 Å². The number of unbranched alkanes of at least 4 members (excludes halogenated alkanes) is 8. The van der Waals surface area contributed by atoms with Crippen LogP contribution in [0.2, 0.25) is 0 Å². The summed E-state index contributed by atoms with van der Waals surface area (Å²) in [5.74, 6) is -0.681. The third-order valence-electron chi connectivity index (χ3n) is 5.77. The number of nitrogens with zero attached hydrogens (tertiary/aromatic N) is 1. The van der Waals surface area contributed by atoms with Gasteiger partial charge in [-0.25, -0.2) is 4.90 Å². The summed E-state index contributed by atoms with van der Waals surface area (Å²) in [4.78, 5) is 38.7. The molecule has 2 aromatic carbocycles. The Morgan fingerprint density at radius 1 is 0.812 bits per heavy atom. The van der Waals surface area contributed by atoms with E-state index in [1.807, 2.05) is 0 Å². The highest BCUT2D eigenvalue weighted by Gasteiger charge is 2.36. The lowest BCUT2D eigenvalue weighted by atomic mass is 10.1. The van der Waals surface area contributed by atoms with E-state index in [4.69, 9.17) is 0 Å². The molecule has 6 heteroatoms. The number of imide groups is 1. The number of carbonyl (C=O) groups excluding carboxylic acids is 3. The molecule has 0 saturated carbocycles. The zero-order valence-corrected chi connectivity index (χ0v) is 20.2. The zero-order chi connectivity index (χ0) is 22.9. The highest BCUT2D eigenvalue weighted by Crippen LogP contribution is 2.30. The third-order valence-corrected chi connectivity index (χ3v) is 6.26. The fraction of sp³-hybridized carbons (Fsp3) is 0.423. The third kappa shape index (κ3) is 6.28. The molecule has 1 heterocycles. The Kier molecular flexibility index (Phi) is 9.03. The minimum atomic E-state index is -0.339. The molecule has 2 aromatic rings. The van der Waals surface area contributed by atoms with Gasteiger partial charge in [-0.05, 0) is 48.9 Å². The van der Waals surface area contributed by atoms with Crippen molar-refractivity contribution in [3.63, 3.8) is 0 Å². The van der Waals surface area contributed by atoms with Crippen LogP contribution in [0, 0.1) is 0 Å². The smallest absolute Gasteiger partial charge is 0.266 e. The van der Waals surface area contributed by atoms with E-state index < -0.39 is 0 Å². The molecule has 3 amide bonds. The summed E-state index contributed by atoms with van der Waals surface area (Å²) in [5.41, 5.74) is 1.94. The molecule has 0 atom stereocenters. The number of nitrogens with one attached hydrogen (secondary N) is 1. The van der Waals surface area contributed by atoms with E-state index in [0.29, 0.717) is 28.9 Å². The summed E-state index contributed by atoms with van der Waals surface area (Å²) in [6.07, 6.45) is 11.5. The van der Waals surface area contributed by atoms with Gasteiger partial charge in [-0.15, -0.1) is 0 Å². The molecule has 0 bridgehead atoms. The molecule has 0 aromatic heterocycles. The van der Waals surface area contributed by atoms with Gasteiger partial charge in [0.2, 0.25) is 5.91 Å². The van der Waals surface area contributed by atoms with Gasteiger partial charge in [0.25, 0.3) is 11.8 Å².